The van der Waals surface area contributed by atoms with Gasteiger partial charge in [-0.3, -0.25) is 4.79 Å². The van der Waals surface area contributed by atoms with E-state index in [0.717, 1.165) is 47.8 Å². The Kier molecular flexibility index (Phi) is 5.63. The first-order valence-electron chi connectivity index (χ1n) is 10.9. The molecule has 0 radical (unpaired) electrons. The molecule has 2 aliphatic rings. The van der Waals surface area contributed by atoms with Crippen molar-refractivity contribution in [3.05, 3.63) is 77.6 Å². The number of carbonyl (C=O) groups is 1. The smallest absolute Gasteiger partial charge is 0.227 e. The summed E-state index contributed by atoms with van der Waals surface area (Å²) < 4.78 is 5.42. The number of benzene rings is 2. The van der Waals surface area contributed by atoms with Gasteiger partial charge in [-0.1, -0.05) is 54.6 Å². The molecule has 0 N–H and O–H groups in total. The molecule has 0 spiro atoms. The number of hydrogen-bond donors (Lipinski definition) is 0. The van der Waals surface area contributed by atoms with E-state index in [2.05, 4.69) is 46.3 Å². The molecule has 0 unspecified atom stereocenters. The predicted molar refractivity (Wildman–Crippen MR) is 120 cm³/mol. The minimum atomic E-state index is 0.143. The number of morpholine rings is 1. The van der Waals surface area contributed by atoms with E-state index in [1.165, 1.54) is 5.56 Å². The maximum absolute atomic E-state index is 13.0. The van der Waals surface area contributed by atoms with E-state index in [1.54, 1.807) is 0 Å². The van der Waals surface area contributed by atoms with Crippen molar-refractivity contribution in [2.45, 2.75) is 19.4 Å². The van der Waals surface area contributed by atoms with E-state index in [-0.39, 0.29) is 5.91 Å². The summed E-state index contributed by atoms with van der Waals surface area (Å²) in [6.07, 6.45) is 3.14. The minimum absolute atomic E-state index is 0.143. The summed E-state index contributed by atoms with van der Waals surface area (Å²) in [7, 11) is 0. The molecule has 0 aliphatic carbocycles. The van der Waals surface area contributed by atoms with Gasteiger partial charge in [0.2, 0.25) is 11.9 Å². The summed E-state index contributed by atoms with van der Waals surface area (Å²) in [4.78, 5) is 26.4. The molecule has 6 nitrogen and oxygen atoms in total. The molecule has 0 saturated carbocycles. The first kappa shape index (κ1) is 19.7. The molecule has 1 saturated heterocycles. The molecule has 2 aliphatic heterocycles. The zero-order chi connectivity index (χ0) is 21.0. The maximum Gasteiger partial charge on any atom is 0.227 e. The number of ether oxygens (including phenoxy) is 1. The van der Waals surface area contributed by atoms with Crippen molar-refractivity contribution >= 4 is 11.9 Å². The van der Waals surface area contributed by atoms with Crippen molar-refractivity contribution in [1.82, 2.24) is 14.9 Å². The average molecular weight is 415 g/mol. The van der Waals surface area contributed by atoms with Crippen molar-refractivity contribution < 1.29 is 9.53 Å². The summed E-state index contributed by atoms with van der Waals surface area (Å²) in [5.41, 5.74) is 5.50. The van der Waals surface area contributed by atoms with Gasteiger partial charge < -0.3 is 14.5 Å². The zero-order valence-corrected chi connectivity index (χ0v) is 17.5. The van der Waals surface area contributed by atoms with Gasteiger partial charge in [0.15, 0.2) is 0 Å². The van der Waals surface area contributed by atoms with Crippen molar-refractivity contribution in [3.8, 4) is 11.1 Å². The van der Waals surface area contributed by atoms with Crippen LogP contribution >= 0.6 is 0 Å². The van der Waals surface area contributed by atoms with Gasteiger partial charge >= 0.3 is 0 Å². The molecule has 1 fully saturated rings. The van der Waals surface area contributed by atoms with E-state index < -0.39 is 0 Å². The van der Waals surface area contributed by atoms with Gasteiger partial charge in [0, 0.05) is 25.8 Å². The standard InChI is InChI=1S/C25H26N4O2/c30-24(16-19-6-8-21(9-7-19)20-4-2-1-3-5-20)29-11-10-22-17-26-25(27-23(22)18-29)28-12-14-31-15-13-28/h1-9,17H,10-16,18H2. The molecule has 31 heavy (non-hydrogen) atoms. The van der Waals surface area contributed by atoms with Gasteiger partial charge in [-0.05, 0) is 28.7 Å². The van der Waals surface area contributed by atoms with E-state index in [0.29, 0.717) is 32.7 Å². The summed E-state index contributed by atoms with van der Waals surface area (Å²) in [5, 5.41) is 0. The number of carbonyl (C=O) groups excluding carboxylic acids is 1. The second-order valence-corrected chi connectivity index (χ2v) is 8.05. The number of nitrogens with zero attached hydrogens (tertiary/aromatic N) is 4. The fourth-order valence-electron chi connectivity index (χ4n) is 4.15. The summed E-state index contributed by atoms with van der Waals surface area (Å²) in [6, 6.07) is 18.6. The summed E-state index contributed by atoms with van der Waals surface area (Å²) in [5.74, 6) is 0.887. The van der Waals surface area contributed by atoms with Gasteiger partial charge in [0.25, 0.3) is 0 Å². The van der Waals surface area contributed by atoms with Gasteiger partial charge in [0.05, 0.1) is 31.9 Å². The topological polar surface area (TPSA) is 58.6 Å². The third-order valence-electron chi connectivity index (χ3n) is 6.00. The SMILES string of the molecule is O=C(Cc1ccc(-c2ccccc2)cc1)N1CCc2cnc(N3CCOCC3)nc2C1. The lowest BCUT2D eigenvalue weighted by Crippen LogP contribution is -2.39. The fraction of sp³-hybridized carbons (Fsp3) is 0.320. The molecule has 5 rings (SSSR count). The van der Waals surface area contributed by atoms with Crippen LogP contribution in [0.15, 0.2) is 60.8 Å². The van der Waals surface area contributed by atoms with E-state index in [9.17, 15) is 4.79 Å². The lowest BCUT2D eigenvalue weighted by Gasteiger charge is -2.31. The first-order valence-corrected chi connectivity index (χ1v) is 10.9. The molecule has 0 bridgehead atoms. The predicted octanol–water partition coefficient (Wildman–Crippen LogP) is 3.11. The van der Waals surface area contributed by atoms with Crippen LogP contribution in [0.4, 0.5) is 5.95 Å². The monoisotopic (exact) mass is 414 g/mol. The van der Waals surface area contributed by atoms with Gasteiger partial charge in [0.1, 0.15) is 0 Å². The third-order valence-corrected chi connectivity index (χ3v) is 6.00. The highest BCUT2D eigenvalue weighted by Gasteiger charge is 2.24. The quantitative estimate of drug-likeness (QED) is 0.657. The minimum Gasteiger partial charge on any atom is -0.378 e. The van der Waals surface area contributed by atoms with Crippen LogP contribution in [-0.2, 0) is 28.9 Å². The highest BCUT2D eigenvalue weighted by molar-refractivity contribution is 5.79. The largest absolute Gasteiger partial charge is 0.378 e. The molecule has 158 valence electrons. The average Bonchev–Trinajstić information content (AvgIpc) is 2.85. The molecule has 0 atom stereocenters. The van der Waals surface area contributed by atoms with Crippen molar-refractivity contribution in [2.75, 3.05) is 37.7 Å². The first-order chi connectivity index (χ1) is 15.3. The number of anilines is 1. The number of amides is 1. The molecular formula is C25H26N4O2. The van der Waals surface area contributed by atoms with Crippen LogP contribution in [0.25, 0.3) is 11.1 Å². The molecular weight excluding hydrogens is 388 g/mol. The van der Waals surface area contributed by atoms with Crippen molar-refractivity contribution in [2.24, 2.45) is 0 Å². The number of hydrogen-bond acceptors (Lipinski definition) is 5. The fourth-order valence-corrected chi connectivity index (χ4v) is 4.15. The Morgan fingerprint density at radius 3 is 2.45 bits per heavy atom. The molecule has 2 aromatic carbocycles. The van der Waals surface area contributed by atoms with E-state index >= 15 is 0 Å². The van der Waals surface area contributed by atoms with Crippen LogP contribution in [0.2, 0.25) is 0 Å². The third kappa shape index (κ3) is 4.44. The second-order valence-electron chi connectivity index (χ2n) is 8.05. The molecule has 3 heterocycles. The molecule has 6 heteroatoms. The lowest BCUT2D eigenvalue weighted by molar-refractivity contribution is -0.131. The van der Waals surface area contributed by atoms with Crippen LogP contribution < -0.4 is 4.90 Å². The molecule has 1 amide bonds. The van der Waals surface area contributed by atoms with Crippen molar-refractivity contribution in [3.63, 3.8) is 0 Å². The van der Waals surface area contributed by atoms with Crippen LogP contribution in [0.1, 0.15) is 16.8 Å². The Balaban J connectivity index is 1.25. The van der Waals surface area contributed by atoms with Gasteiger partial charge in [-0.2, -0.15) is 0 Å². The Labute approximate surface area is 182 Å². The number of rotatable bonds is 4. The summed E-state index contributed by atoms with van der Waals surface area (Å²) in [6.45, 7) is 4.29. The lowest BCUT2D eigenvalue weighted by atomic mass is 10.0. The van der Waals surface area contributed by atoms with E-state index in [1.807, 2.05) is 29.3 Å². The van der Waals surface area contributed by atoms with E-state index in [4.69, 9.17) is 9.72 Å². The van der Waals surface area contributed by atoms with Crippen LogP contribution in [0.5, 0.6) is 0 Å². The van der Waals surface area contributed by atoms with Gasteiger partial charge in [-0.15, -0.1) is 0 Å². The number of aromatic nitrogens is 2. The Bertz CT molecular complexity index is 1050. The second kappa shape index (κ2) is 8.86. The zero-order valence-electron chi connectivity index (χ0n) is 17.5. The molecule has 3 aromatic rings. The Morgan fingerprint density at radius 1 is 0.935 bits per heavy atom. The maximum atomic E-state index is 13.0. The Morgan fingerprint density at radius 2 is 1.68 bits per heavy atom. The van der Waals surface area contributed by atoms with Crippen LogP contribution in [0, 0.1) is 0 Å². The molecule has 1 aromatic heterocycles. The van der Waals surface area contributed by atoms with Crippen LogP contribution in [0.3, 0.4) is 0 Å². The highest BCUT2D eigenvalue weighted by Crippen LogP contribution is 2.22. The van der Waals surface area contributed by atoms with Crippen molar-refractivity contribution in [1.29, 1.82) is 0 Å². The highest BCUT2D eigenvalue weighted by atomic mass is 16.5. The summed E-state index contributed by atoms with van der Waals surface area (Å²) >= 11 is 0. The normalized spacial score (nSPS) is 16.1. The van der Waals surface area contributed by atoms with Crippen LogP contribution in [-0.4, -0.2) is 53.6 Å². The number of fused-ring (bicyclic) bond motifs is 1. The Hall–Kier alpha value is -3.25. The van der Waals surface area contributed by atoms with Gasteiger partial charge in [-0.25, -0.2) is 9.97 Å².